The van der Waals surface area contributed by atoms with Crippen LogP contribution in [0.1, 0.15) is 35.9 Å². The van der Waals surface area contributed by atoms with E-state index in [2.05, 4.69) is 22.0 Å². The largest absolute Gasteiger partial charge is 0.481 e. The summed E-state index contributed by atoms with van der Waals surface area (Å²) >= 11 is 4.86. The van der Waals surface area contributed by atoms with Crippen LogP contribution in [0.3, 0.4) is 0 Å². The Kier molecular flexibility index (Phi) is 9.77. The molecule has 5 aromatic rings. The molecule has 6 rings (SSSR count). The highest BCUT2D eigenvalue weighted by Gasteiger charge is 2.43. The Hall–Kier alpha value is -5.11. The SMILES string of the molecule is CC1(Cc2ccc(Br)cc2F)\C(=C/C=C(C#N)/C=C/c2sc3ccc4ccccc4c3[n+]2CCC(=O)O)N(CCC(=O)O)c2ccccc21. The van der Waals surface area contributed by atoms with E-state index in [0.717, 1.165) is 42.9 Å². The highest BCUT2D eigenvalue weighted by molar-refractivity contribution is 9.10. The second-order valence-corrected chi connectivity index (χ2v) is 14.0. The minimum Gasteiger partial charge on any atom is -0.481 e. The number of rotatable bonds is 11. The van der Waals surface area contributed by atoms with Crippen LogP contribution in [0.25, 0.3) is 27.1 Å². The predicted molar refractivity (Wildman–Crippen MR) is 194 cm³/mol. The van der Waals surface area contributed by atoms with Gasteiger partial charge in [0.25, 0.3) is 5.01 Å². The summed E-state index contributed by atoms with van der Waals surface area (Å²) in [6.45, 7) is 2.48. The Bertz CT molecular complexity index is 2250. The van der Waals surface area contributed by atoms with E-state index in [9.17, 15) is 25.1 Å². The smallest absolute Gasteiger partial charge is 0.309 e. The zero-order chi connectivity index (χ0) is 34.7. The number of carboxylic acid groups (broad SMARTS) is 2. The Labute approximate surface area is 295 Å². The fraction of sp³-hybridized carbons (Fsp3) is 0.179. The molecule has 10 heteroatoms. The van der Waals surface area contributed by atoms with Crippen LogP contribution in [0.15, 0.2) is 113 Å². The molecule has 1 unspecified atom stereocenters. The molecule has 2 heterocycles. The molecule has 0 saturated carbocycles. The summed E-state index contributed by atoms with van der Waals surface area (Å²) in [4.78, 5) is 25.2. The Morgan fingerprint density at radius 2 is 1.80 bits per heavy atom. The van der Waals surface area contributed by atoms with Crippen molar-refractivity contribution in [3.05, 3.63) is 135 Å². The lowest BCUT2D eigenvalue weighted by Gasteiger charge is -2.30. The average molecular weight is 738 g/mol. The van der Waals surface area contributed by atoms with Gasteiger partial charge in [-0.05, 0) is 78.4 Å². The molecule has 7 nitrogen and oxygen atoms in total. The first-order chi connectivity index (χ1) is 23.6. The van der Waals surface area contributed by atoms with Crippen LogP contribution < -0.4 is 9.47 Å². The van der Waals surface area contributed by atoms with Gasteiger partial charge in [0.2, 0.25) is 5.52 Å². The number of aliphatic carboxylic acids is 2. The molecule has 4 aromatic carbocycles. The van der Waals surface area contributed by atoms with Gasteiger partial charge in [-0.3, -0.25) is 9.59 Å². The van der Waals surface area contributed by atoms with Gasteiger partial charge >= 0.3 is 11.9 Å². The zero-order valence-corrected chi connectivity index (χ0v) is 29.0. The van der Waals surface area contributed by atoms with Crippen molar-refractivity contribution in [2.24, 2.45) is 0 Å². The van der Waals surface area contributed by atoms with E-state index in [1.807, 2.05) is 89.2 Å². The average Bonchev–Trinajstić information content (AvgIpc) is 3.56. The Balaban J connectivity index is 1.43. The molecule has 1 aliphatic rings. The van der Waals surface area contributed by atoms with Gasteiger partial charge in [-0.2, -0.15) is 9.83 Å². The second kappa shape index (κ2) is 14.2. The number of fused-ring (bicyclic) bond motifs is 4. The van der Waals surface area contributed by atoms with E-state index in [1.165, 1.54) is 17.4 Å². The van der Waals surface area contributed by atoms with Crippen LogP contribution in [-0.2, 0) is 28.0 Å². The van der Waals surface area contributed by atoms with Crippen LogP contribution in [0.2, 0.25) is 0 Å². The fourth-order valence-corrected chi connectivity index (χ4v) is 8.02. The van der Waals surface area contributed by atoms with Crippen molar-refractivity contribution in [1.82, 2.24) is 0 Å². The van der Waals surface area contributed by atoms with Gasteiger partial charge < -0.3 is 15.1 Å². The maximum Gasteiger partial charge on any atom is 0.309 e. The molecule has 0 fully saturated rings. The summed E-state index contributed by atoms with van der Waals surface area (Å²) in [6, 6.07) is 27.0. The van der Waals surface area contributed by atoms with Gasteiger partial charge in [-0.25, -0.2) is 4.39 Å². The molecule has 246 valence electrons. The van der Waals surface area contributed by atoms with E-state index < -0.39 is 17.4 Å². The van der Waals surface area contributed by atoms with Crippen LogP contribution in [0, 0.1) is 17.1 Å². The summed E-state index contributed by atoms with van der Waals surface area (Å²) in [5, 5.41) is 32.2. The molecule has 0 saturated heterocycles. The second-order valence-electron chi connectivity index (χ2n) is 12.0. The molecule has 0 bridgehead atoms. The molecule has 0 amide bonds. The first kappa shape index (κ1) is 33.8. The maximum atomic E-state index is 15.2. The summed E-state index contributed by atoms with van der Waals surface area (Å²) < 4.78 is 18.8. The van der Waals surface area contributed by atoms with Crippen molar-refractivity contribution in [2.75, 3.05) is 11.4 Å². The molecule has 0 aliphatic carbocycles. The highest BCUT2D eigenvalue weighted by atomic mass is 79.9. The first-order valence-electron chi connectivity index (χ1n) is 15.7. The van der Waals surface area contributed by atoms with Crippen LogP contribution >= 0.6 is 27.3 Å². The molecule has 1 aromatic heterocycles. The minimum absolute atomic E-state index is 0.0577. The third kappa shape index (κ3) is 6.91. The Morgan fingerprint density at radius 1 is 1.04 bits per heavy atom. The molecular weight excluding hydrogens is 705 g/mol. The molecular formula is C39H32BrFN3O4S+. The van der Waals surface area contributed by atoms with Crippen LogP contribution in [0.5, 0.6) is 0 Å². The lowest BCUT2D eigenvalue weighted by molar-refractivity contribution is -0.667. The van der Waals surface area contributed by atoms with Gasteiger partial charge in [0, 0.05) is 33.9 Å². The van der Waals surface area contributed by atoms with Crippen molar-refractivity contribution in [3.8, 4) is 6.07 Å². The number of hydrogen-bond donors (Lipinski definition) is 2. The number of nitriles is 1. The highest BCUT2D eigenvalue weighted by Crippen LogP contribution is 2.50. The number of aryl methyl sites for hydroxylation is 1. The van der Waals surface area contributed by atoms with Crippen molar-refractivity contribution in [2.45, 2.75) is 38.1 Å². The third-order valence-electron chi connectivity index (χ3n) is 8.87. The summed E-state index contributed by atoms with van der Waals surface area (Å²) in [5.74, 6) is -2.19. The number of thiazole rings is 1. The first-order valence-corrected chi connectivity index (χ1v) is 17.3. The molecule has 1 atom stereocenters. The number of carbonyl (C=O) groups is 2. The standard InChI is InChI=1S/C39H31BrFN3O4S/c1-39(23-27-12-14-28(40)22-31(27)41)30-8-4-5-9-32(30)43(20-18-36(45)46)34(39)16-10-25(24-42)11-17-35-44(21-19-37(47)48)38-29-7-3-2-6-26(29)13-15-33(38)49-35/h2-17,22H,18-21,23H2,1H3,(H-,45,46,47,48)/p+1. The fourth-order valence-electron chi connectivity index (χ4n) is 6.58. The van der Waals surface area contributed by atoms with Gasteiger partial charge in [-0.15, -0.1) is 0 Å². The van der Waals surface area contributed by atoms with Crippen LogP contribution in [-0.4, -0.2) is 28.7 Å². The number of halogens is 2. The predicted octanol–water partition coefficient (Wildman–Crippen LogP) is 8.56. The van der Waals surface area contributed by atoms with Crippen molar-refractivity contribution >= 4 is 72.0 Å². The zero-order valence-electron chi connectivity index (χ0n) is 26.6. The van der Waals surface area contributed by atoms with Crippen molar-refractivity contribution < 1.29 is 28.8 Å². The molecule has 2 N–H and O–H groups in total. The number of para-hydroxylation sites is 1. The summed E-state index contributed by atoms with van der Waals surface area (Å²) in [5.41, 5.74) is 3.59. The number of benzene rings is 4. The van der Waals surface area contributed by atoms with Crippen molar-refractivity contribution in [1.29, 1.82) is 5.26 Å². The maximum absolute atomic E-state index is 15.2. The topological polar surface area (TPSA) is 106 Å². The van der Waals surface area contributed by atoms with E-state index in [0.29, 0.717) is 22.0 Å². The van der Waals surface area contributed by atoms with E-state index in [4.69, 9.17) is 0 Å². The van der Waals surface area contributed by atoms with E-state index in [-0.39, 0.29) is 31.7 Å². The van der Waals surface area contributed by atoms with Gasteiger partial charge in [0.05, 0.1) is 23.4 Å². The molecule has 0 spiro atoms. The number of aromatic nitrogens is 1. The molecule has 1 aliphatic heterocycles. The monoisotopic (exact) mass is 736 g/mol. The third-order valence-corrected chi connectivity index (χ3v) is 10.5. The van der Waals surface area contributed by atoms with Gasteiger partial charge in [-0.1, -0.05) is 75.8 Å². The molecule has 0 radical (unpaired) electrons. The van der Waals surface area contributed by atoms with E-state index >= 15 is 4.39 Å². The quantitative estimate of drug-likeness (QED) is 0.0800. The number of allylic oxidation sites excluding steroid dienone is 5. The number of nitrogens with zero attached hydrogens (tertiary/aromatic N) is 3. The number of carboxylic acids is 2. The Morgan fingerprint density at radius 3 is 2.55 bits per heavy atom. The normalized spacial score (nSPS) is 16.9. The number of hydrogen-bond acceptors (Lipinski definition) is 5. The van der Waals surface area contributed by atoms with Gasteiger partial charge in [0.1, 0.15) is 16.9 Å². The van der Waals surface area contributed by atoms with E-state index in [1.54, 1.807) is 24.3 Å². The summed E-state index contributed by atoms with van der Waals surface area (Å²) in [6.07, 6.45) is 7.21. The lowest BCUT2D eigenvalue weighted by atomic mass is 9.76. The molecule has 49 heavy (non-hydrogen) atoms. The van der Waals surface area contributed by atoms with Gasteiger partial charge in [0.15, 0.2) is 6.54 Å². The lowest BCUT2D eigenvalue weighted by Crippen LogP contribution is -2.36. The minimum atomic E-state index is -0.937. The number of anilines is 1. The summed E-state index contributed by atoms with van der Waals surface area (Å²) in [7, 11) is 0. The van der Waals surface area contributed by atoms with Crippen molar-refractivity contribution in [3.63, 3.8) is 0 Å². The van der Waals surface area contributed by atoms with Crippen LogP contribution in [0.4, 0.5) is 10.1 Å².